The van der Waals surface area contributed by atoms with Gasteiger partial charge < -0.3 is 16.4 Å². The Morgan fingerprint density at radius 1 is 0.429 bits per heavy atom. The van der Waals surface area contributed by atoms with Crippen molar-refractivity contribution in [3.8, 4) is 0 Å². The smallest absolute Gasteiger partial charge is 2.00 e. The van der Waals surface area contributed by atoms with Crippen molar-refractivity contribution in [2.45, 2.75) is 0 Å². The molecule has 0 amide bonds. The van der Waals surface area contributed by atoms with Crippen molar-refractivity contribution in [3.63, 3.8) is 0 Å². The van der Waals surface area contributed by atoms with Crippen LogP contribution in [0.25, 0.3) is 0 Å². The van der Waals surface area contributed by atoms with E-state index < -0.39 is 0 Å². The van der Waals surface area contributed by atoms with Crippen molar-refractivity contribution in [1.82, 2.24) is 0 Å². The summed E-state index contributed by atoms with van der Waals surface area (Å²) in [6.45, 7) is 0. The summed E-state index contributed by atoms with van der Waals surface area (Å²) in [5, 5.41) is 0. The normalized spacial score (nSPS) is 0. The van der Waals surface area contributed by atoms with Crippen LogP contribution in [0.4, 0.5) is 0 Å². The first-order chi connectivity index (χ1) is 0. The van der Waals surface area contributed by atoms with Gasteiger partial charge in [0.05, 0.1) is 0 Å². The van der Waals surface area contributed by atoms with Crippen LogP contribution in [-0.2, 0) is 68.8 Å². The van der Waals surface area contributed by atoms with E-state index in [4.69, 9.17) is 0 Å². The second-order valence-corrected chi connectivity index (χ2v) is 0. The van der Waals surface area contributed by atoms with Crippen LogP contribution in [0.15, 0.2) is 0 Å². The van der Waals surface area contributed by atoms with E-state index in [1.54, 1.807) is 0 Å². The molecule has 3 nitrogen and oxygen atoms in total. The summed E-state index contributed by atoms with van der Waals surface area (Å²) >= 11 is 0. The predicted molar refractivity (Wildman–Crippen MR) is 13.6 cm³/mol. The molecular formula is Bi2O3Zr2. The van der Waals surface area contributed by atoms with Gasteiger partial charge in [-0.1, -0.05) is 0 Å². The second kappa shape index (κ2) is 57.2. The average molecular weight is 648 g/mol. The Bertz CT molecular complexity index is 10.9. The van der Waals surface area contributed by atoms with Crippen LogP contribution in [0.3, 0.4) is 0 Å². The molecule has 0 bridgehead atoms. The third kappa shape index (κ3) is 44.4. The molecule has 7 heteroatoms. The summed E-state index contributed by atoms with van der Waals surface area (Å²) in [7, 11) is 0. The summed E-state index contributed by atoms with van der Waals surface area (Å²) in [5.74, 6) is 0. The molecule has 0 N–H and O–H groups in total. The van der Waals surface area contributed by atoms with Gasteiger partial charge >= 0.3 is 52.4 Å². The van der Waals surface area contributed by atoms with E-state index in [9.17, 15) is 0 Å². The fourth-order valence-electron chi connectivity index (χ4n) is 0. The van der Waals surface area contributed by atoms with Gasteiger partial charge in [-0.05, 0) is 0 Å². The summed E-state index contributed by atoms with van der Waals surface area (Å²) in [6.07, 6.45) is 0. The molecule has 0 aliphatic heterocycles. The Balaban J connectivity index is 0. The molecule has 0 aliphatic carbocycles. The maximum Gasteiger partial charge on any atom is 3.00 e. The molecule has 7 heavy (non-hydrogen) atoms. The van der Waals surface area contributed by atoms with Crippen LogP contribution in [-0.4, -0.2) is 52.4 Å². The summed E-state index contributed by atoms with van der Waals surface area (Å²) in [5.41, 5.74) is 0. The molecule has 0 spiro atoms. The predicted octanol–water partition coefficient (Wildman–Crippen LogP) is -1.12. The van der Waals surface area contributed by atoms with Crippen molar-refractivity contribution < 1.29 is 68.8 Å². The Kier molecular flexibility index (Phi) is 647. The molecule has 0 saturated carbocycles. The molecule has 0 aromatic rings. The first-order valence-corrected chi connectivity index (χ1v) is 0. The van der Waals surface area contributed by atoms with Gasteiger partial charge in [-0.15, -0.1) is 0 Å². The van der Waals surface area contributed by atoms with Gasteiger partial charge in [0.25, 0.3) is 0 Å². The SMILES string of the molecule is [Bi+3].[Bi+3].[O-2].[O-2].[O-2].[Zr].[Zr]. The van der Waals surface area contributed by atoms with Gasteiger partial charge in [0.1, 0.15) is 0 Å². The van der Waals surface area contributed by atoms with Gasteiger partial charge in [-0.2, -0.15) is 0 Å². The largest absolute Gasteiger partial charge is 3.00 e. The van der Waals surface area contributed by atoms with Crippen LogP contribution >= 0.6 is 0 Å². The van der Waals surface area contributed by atoms with E-state index in [1.165, 1.54) is 0 Å². The zero-order chi connectivity index (χ0) is 0. The number of rotatable bonds is 0. The van der Waals surface area contributed by atoms with E-state index in [-0.39, 0.29) is 121 Å². The quantitative estimate of drug-likeness (QED) is 0.299. The van der Waals surface area contributed by atoms with Crippen LogP contribution in [0.2, 0.25) is 0 Å². The molecule has 0 aromatic carbocycles. The van der Waals surface area contributed by atoms with E-state index in [2.05, 4.69) is 0 Å². The fourth-order valence-corrected chi connectivity index (χ4v) is 0. The molecule has 36 valence electrons. The van der Waals surface area contributed by atoms with Crippen molar-refractivity contribution in [3.05, 3.63) is 0 Å². The topological polar surface area (TPSA) is 85.5 Å². The van der Waals surface area contributed by atoms with E-state index in [0.29, 0.717) is 0 Å². The number of hydrogen-bond acceptors (Lipinski definition) is 0. The Morgan fingerprint density at radius 2 is 0.429 bits per heavy atom. The summed E-state index contributed by atoms with van der Waals surface area (Å²) < 4.78 is 0. The molecule has 0 rings (SSSR count). The molecule has 0 saturated heterocycles. The maximum absolute atomic E-state index is 0. The van der Waals surface area contributed by atoms with Crippen LogP contribution in [0.5, 0.6) is 0 Å². The van der Waals surface area contributed by atoms with E-state index in [0.717, 1.165) is 0 Å². The molecule has 0 atom stereocenters. The molecule has 0 aliphatic rings. The van der Waals surface area contributed by atoms with Crippen molar-refractivity contribution in [2.75, 3.05) is 0 Å². The first-order valence-electron chi connectivity index (χ1n) is 0. The molecule has 4 radical (unpaired) electrons. The Labute approximate surface area is 119 Å². The minimum Gasteiger partial charge on any atom is -2.00 e. The summed E-state index contributed by atoms with van der Waals surface area (Å²) in [4.78, 5) is 0. The monoisotopic (exact) mass is 646 g/mol. The average Bonchev–Trinajstić information content (AvgIpc) is 0. The standard InChI is InChI=1S/2Bi.3O.2Zr/q2*+3;3*-2;;. The molecule has 0 heterocycles. The van der Waals surface area contributed by atoms with Gasteiger partial charge in [0.2, 0.25) is 0 Å². The van der Waals surface area contributed by atoms with Crippen LogP contribution in [0, 0.1) is 0 Å². The van der Waals surface area contributed by atoms with E-state index >= 15 is 0 Å². The molecule has 0 fully saturated rings. The van der Waals surface area contributed by atoms with Gasteiger partial charge in [-0.25, -0.2) is 0 Å². The second-order valence-electron chi connectivity index (χ2n) is 0. The Morgan fingerprint density at radius 3 is 0.429 bits per heavy atom. The van der Waals surface area contributed by atoms with Crippen molar-refractivity contribution in [1.29, 1.82) is 0 Å². The summed E-state index contributed by atoms with van der Waals surface area (Å²) in [6, 6.07) is 0. The van der Waals surface area contributed by atoms with Gasteiger partial charge in [0.15, 0.2) is 0 Å². The minimum atomic E-state index is 0. The van der Waals surface area contributed by atoms with Crippen LogP contribution < -0.4 is 0 Å². The van der Waals surface area contributed by atoms with Gasteiger partial charge in [0, 0.05) is 52.4 Å². The zero-order valence-electron chi connectivity index (χ0n) is 3.12. The molecular weight excluding hydrogens is 648 g/mol. The Hall–Kier alpha value is 3.41. The molecule has 0 unspecified atom stereocenters. The zero-order valence-corrected chi connectivity index (χ0v) is 15.0. The van der Waals surface area contributed by atoms with Crippen molar-refractivity contribution >= 4 is 52.4 Å². The third-order valence-corrected chi connectivity index (χ3v) is 0. The van der Waals surface area contributed by atoms with Gasteiger partial charge in [-0.3, -0.25) is 0 Å². The minimum absolute atomic E-state index is 0. The molecule has 0 aromatic heterocycles. The first kappa shape index (κ1) is 79.2. The maximum atomic E-state index is 0. The van der Waals surface area contributed by atoms with E-state index in [1.807, 2.05) is 0 Å². The fraction of sp³-hybridized carbons (Fsp3) is 0. The van der Waals surface area contributed by atoms with Crippen LogP contribution in [0.1, 0.15) is 0 Å². The van der Waals surface area contributed by atoms with Crippen molar-refractivity contribution in [2.24, 2.45) is 0 Å². The number of hydrogen-bond donors (Lipinski definition) is 0. The third-order valence-electron chi connectivity index (χ3n) is 0.